The van der Waals surface area contributed by atoms with E-state index < -0.39 is 0 Å². The Morgan fingerprint density at radius 1 is 1.40 bits per heavy atom. The van der Waals surface area contributed by atoms with E-state index in [9.17, 15) is 0 Å². The van der Waals surface area contributed by atoms with E-state index in [1.165, 1.54) is 17.5 Å². The molecule has 0 N–H and O–H groups in total. The third-order valence-corrected chi connectivity index (χ3v) is 3.41. The van der Waals surface area contributed by atoms with Crippen LogP contribution in [0.3, 0.4) is 0 Å². The molecular formula is C14H17N. The molecule has 1 aromatic rings. The fourth-order valence-electron chi connectivity index (χ4n) is 2.18. The fourth-order valence-corrected chi connectivity index (χ4v) is 2.18. The van der Waals surface area contributed by atoms with Crippen LogP contribution in [0.1, 0.15) is 43.7 Å². The van der Waals surface area contributed by atoms with E-state index in [0.29, 0.717) is 5.92 Å². The van der Waals surface area contributed by atoms with Gasteiger partial charge in [-0.25, -0.2) is 0 Å². The van der Waals surface area contributed by atoms with Crippen molar-refractivity contribution in [2.75, 3.05) is 0 Å². The first-order valence-corrected chi connectivity index (χ1v) is 5.69. The molecule has 1 fully saturated rings. The molecule has 1 heteroatoms. The minimum atomic E-state index is -0.0910. The maximum atomic E-state index is 8.99. The van der Waals surface area contributed by atoms with E-state index in [-0.39, 0.29) is 5.41 Å². The molecule has 2 rings (SSSR count). The molecule has 1 saturated carbocycles. The lowest BCUT2D eigenvalue weighted by Crippen LogP contribution is -1.93. The van der Waals surface area contributed by atoms with Gasteiger partial charge in [0.15, 0.2) is 0 Å². The highest BCUT2D eigenvalue weighted by molar-refractivity contribution is 5.35. The maximum absolute atomic E-state index is 8.99. The van der Waals surface area contributed by atoms with Crippen LogP contribution in [0.25, 0.3) is 0 Å². The van der Waals surface area contributed by atoms with Gasteiger partial charge in [-0.05, 0) is 30.9 Å². The molecule has 78 valence electrons. The summed E-state index contributed by atoms with van der Waals surface area (Å²) in [5.41, 5.74) is 2.64. The molecule has 2 unspecified atom stereocenters. The van der Waals surface area contributed by atoms with Crippen LogP contribution in [0.15, 0.2) is 24.3 Å². The SMILES string of the molecule is CCCc1ccc(C2CC2(C)C#N)cc1. The van der Waals surface area contributed by atoms with Gasteiger partial charge in [-0.15, -0.1) is 0 Å². The normalized spacial score (nSPS) is 28.5. The molecule has 0 spiro atoms. The molecule has 0 aromatic heterocycles. The molecule has 0 heterocycles. The van der Waals surface area contributed by atoms with Crippen LogP contribution in [-0.4, -0.2) is 0 Å². The van der Waals surface area contributed by atoms with Crippen LogP contribution in [0, 0.1) is 16.7 Å². The number of hydrogen-bond donors (Lipinski definition) is 0. The zero-order valence-electron chi connectivity index (χ0n) is 9.46. The van der Waals surface area contributed by atoms with Gasteiger partial charge < -0.3 is 0 Å². The zero-order valence-corrected chi connectivity index (χ0v) is 9.46. The summed E-state index contributed by atoms with van der Waals surface area (Å²) in [4.78, 5) is 0. The Balaban J connectivity index is 2.10. The van der Waals surface area contributed by atoms with E-state index in [4.69, 9.17) is 5.26 Å². The molecule has 0 saturated heterocycles. The predicted octanol–water partition coefficient (Wildman–Crippen LogP) is 3.66. The first-order chi connectivity index (χ1) is 7.19. The number of aryl methyl sites for hydroxylation is 1. The lowest BCUT2D eigenvalue weighted by Gasteiger charge is -2.03. The molecule has 15 heavy (non-hydrogen) atoms. The van der Waals surface area contributed by atoms with Gasteiger partial charge in [0.05, 0.1) is 11.5 Å². The molecule has 0 bridgehead atoms. The van der Waals surface area contributed by atoms with Crippen molar-refractivity contribution in [3.63, 3.8) is 0 Å². The lowest BCUT2D eigenvalue weighted by atomic mass is 10.0. The number of hydrogen-bond acceptors (Lipinski definition) is 1. The Hall–Kier alpha value is -1.29. The molecule has 1 aliphatic rings. The first-order valence-electron chi connectivity index (χ1n) is 5.69. The zero-order chi connectivity index (χ0) is 10.9. The van der Waals surface area contributed by atoms with Gasteiger partial charge in [-0.2, -0.15) is 5.26 Å². The summed E-state index contributed by atoms with van der Waals surface area (Å²) in [5, 5.41) is 8.99. The third kappa shape index (κ3) is 1.90. The maximum Gasteiger partial charge on any atom is 0.0693 e. The van der Waals surface area contributed by atoms with E-state index in [1.807, 2.05) is 0 Å². The standard InChI is InChI=1S/C14H17N/c1-3-4-11-5-7-12(8-6-11)13-9-14(13,2)10-15/h5-8,13H,3-4,9H2,1-2H3. The molecule has 1 nitrogen and oxygen atoms in total. The second-order valence-electron chi connectivity index (χ2n) is 4.78. The van der Waals surface area contributed by atoms with Gasteiger partial charge >= 0.3 is 0 Å². The monoisotopic (exact) mass is 199 g/mol. The quantitative estimate of drug-likeness (QED) is 0.728. The van der Waals surface area contributed by atoms with E-state index >= 15 is 0 Å². The second kappa shape index (κ2) is 3.70. The van der Waals surface area contributed by atoms with Crippen molar-refractivity contribution in [2.24, 2.45) is 5.41 Å². The van der Waals surface area contributed by atoms with Crippen molar-refractivity contribution in [3.05, 3.63) is 35.4 Å². The number of benzene rings is 1. The molecule has 0 aliphatic heterocycles. The molecular weight excluding hydrogens is 182 g/mol. The van der Waals surface area contributed by atoms with Crippen LogP contribution in [0.4, 0.5) is 0 Å². The van der Waals surface area contributed by atoms with Gasteiger partial charge in [0.25, 0.3) is 0 Å². The molecule has 0 amide bonds. The van der Waals surface area contributed by atoms with Gasteiger partial charge in [0, 0.05) is 5.92 Å². The number of nitrogens with zero attached hydrogens (tertiary/aromatic N) is 1. The van der Waals surface area contributed by atoms with Crippen molar-refractivity contribution in [3.8, 4) is 6.07 Å². The summed E-state index contributed by atoms with van der Waals surface area (Å²) >= 11 is 0. The molecule has 2 atom stereocenters. The Labute approximate surface area is 91.7 Å². The van der Waals surface area contributed by atoms with E-state index in [0.717, 1.165) is 12.8 Å². The summed E-state index contributed by atoms with van der Waals surface area (Å²) in [6.45, 7) is 4.25. The van der Waals surface area contributed by atoms with Crippen LogP contribution in [-0.2, 0) is 6.42 Å². The minimum absolute atomic E-state index is 0.0910. The highest BCUT2D eigenvalue weighted by atomic mass is 14.5. The molecule has 1 aromatic carbocycles. The Bertz CT molecular complexity index is 385. The van der Waals surface area contributed by atoms with Crippen LogP contribution in [0.5, 0.6) is 0 Å². The Morgan fingerprint density at radius 3 is 2.53 bits per heavy atom. The summed E-state index contributed by atoms with van der Waals surface area (Å²) in [7, 11) is 0. The molecule has 0 radical (unpaired) electrons. The lowest BCUT2D eigenvalue weighted by molar-refractivity contribution is 0.727. The topological polar surface area (TPSA) is 23.8 Å². The Kier molecular flexibility index (Phi) is 2.52. The number of nitriles is 1. The van der Waals surface area contributed by atoms with Crippen LogP contribution < -0.4 is 0 Å². The van der Waals surface area contributed by atoms with Crippen molar-refractivity contribution >= 4 is 0 Å². The van der Waals surface area contributed by atoms with Crippen molar-refractivity contribution in [1.29, 1.82) is 5.26 Å². The highest BCUT2D eigenvalue weighted by Crippen LogP contribution is 2.58. The predicted molar refractivity (Wildman–Crippen MR) is 61.5 cm³/mol. The van der Waals surface area contributed by atoms with Crippen molar-refractivity contribution < 1.29 is 0 Å². The average Bonchev–Trinajstić information content (AvgIpc) is 2.94. The summed E-state index contributed by atoms with van der Waals surface area (Å²) in [6, 6.07) is 11.2. The number of rotatable bonds is 3. The highest BCUT2D eigenvalue weighted by Gasteiger charge is 2.51. The van der Waals surface area contributed by atoms with Gasteiger partial charge in [-0.3, -0.25) is 0 Å². The van der Waals surface area contributed by atoms with Crippen molar-refractivity contribution in [1.82, 2.24) is 0 Å². The third-order valence-electron chi connectivity index (χ3n) is 3.41. The fraction of sp³-hybridized carbons (Fsp3) is 0.500. The average molecular weight is 199 g/mol. The summed E-state index contributed by atoms with van der Waals surface area (Å²) in [6.07, 6.45) is 3.37. The minimum Gasteiger partial charge on any atom is -0.198 e. The second-order valence-corrected chi connectivity index (χ2v) is 4.78. The summed E-state index contributed by atoms with van der Waals surface area (Å²) < 4.78 is 0. The van der Waals surface area contributed by atoms with Gasteiger partial charge in [0.1, 0.15) is 0 Å². The first kappa shape index (κ1) is 10.2. The van der Waals surface area contributed by atoms with E-state index in [2.05, 4.69) is 44.2 Å². The van der Waals surface area contributed by atoms with Crippen LogP contribution in [0.2, 0.25) is 0 Å². The summed E-state index contributed by atoms with van der Waals surface area (Å²) in [5.74, 6) is 0.471. The largest absolute Gasteiger partial charge is 0.198 e. The molecule has 1 aliphatic carbocycles. The Morgan fingerprint density at radius 2 is 2.07 bits per heavy atom. The van der Waals surface area contributed by atoms with Crippen molar-refractivity contribution in [2.45, 2.75) is 39.0 Å². The van der Waals surface area contributed by atoms with Gasteiger partial charge in [0.2, 0.25) is 0 Å². The van der Waals surface area contributed by atoms with E-state index in [1.54, 1.807) is 0 Å². The van der Waals surface area contributed by atoms with Gasteiger partial charge in [-0.1, -0.05) is 37.6 Å². The van der Waals surface area contributed by atoms with Crippen LogP contribution >= 0.6 is 0 Å². The smallest absolute Gasteiger partial charge is 0.0693 e.